The minimum atomic E-state index is -4.29. The van der Waals surface area contributed by atoms with Crippen molar-refractivity contribution in [1.29, 1.82) is 0 Å². The average molecular weight is 550 g/mol. The van der Waals surface area contributed by atoms with Gasteiger partial charge in [0.25, 0.3) is 0 Å². The first kappa shape index (κ1) is 45.0. The van der Waals surface area contributed by atoms with Crippen LogP contribution in [0.5, 0.6) is 0 Å². The molecule has 34 heavy (non-hydrogen) atoms. The molecule has 0 aliphatic carbocycles. The molecule has 0 rings (SSSR count). The minimum absolute atomic E-state index is 0. The predicted octanol–water partition coefficient (Wildman–Crippen LogP) is -6.48. The maximum atomic E-state index is 10.2. The van der Waals surface area contributed by atoms with Crippen molar-refractivity contribution in [3.63, 3.8) is 0 Å². The van der Waals surface area contributed by atoms with E-state index >= 15 is 0 Å². The van der Waals surface area contributed by atoms with Crippen LogP contribution in [0.3, 0.4) is 0 Å². The van der Waals surface area contributed by atoms with Crippen LogP contribution in [0, 0.1) is 0 Å². The Balaban J connectivity index is -0.000000125. The zero-order valence-electron chi connectivity index (χ0n) is 22.1. The molecule has 0 radical (unpaired) electrons. The van der Waals surface area contributed by atoms with Gasteiger partial charge in [0.2, 0.25) is 0 Å². The van der Waals surface area contributed by atoms with Gasteiger partial charge in [-0.3, -0.25) is 4.90 Å². The molecule has 0 aromatic carbocycles. The van der Waals surface area contributed by atoms with Crippen molar-refractivity contribution in [2.45, 2.75) is 0 Å². The van der Waals surface area contributed by atoms with Crippen LogP contribution in [0.15, 0.2) is 25.3 Å². The van der Waals surface area contributed by atoms with E-state index in [-0.39, 0.29) is 72.2 Å². The summed E-state index contributed by atoms with van der Waals surface area (Å²) in [6, 6.07) is 0. The van der Waals surface area contributed by atoms with E-state index in [0.29, 0.717) is 0 Å². The van der Waals surface area contributed by atoms with E-state index in [0.717, 1.165) is 39.4 Å². The number of hydrogen-bond donors (Lipinski definition) is 0. The number of rotatable bonds is 16. The van der Waals surface area contributed by atoms with Gasteiger partial charge in [-0.05, 0) is 21.1 Å². The van der Waals surface area contributed by atoms with Gasteiger partial charge < -0.3 is 28.4 Å². The number of likely N-dealkylation sites (N-methyl/N-ethyl adjacent to an activating group) is 2. The molecule has 0 amide bonds. The summed E-state index contributed by atoms with van der Waals surface area (Å²) < 4.78 is 70.9. The summed E-state index contributed by atoms with van der Waals surface area (Å²) in [4.78, 5) is 5.60. The van der Waals surface area contributed by atoms with Crippen molar-refractivity contribution in [3.8, 4) is 0 Å². The second-order valence-corrected chi connectivity index (χ2v) is 9.96. The zero-order valence-corrected chi connectivity index (χ0v) is 27.7. The molecule has 11 nitrogen and oxygen atoms in total. The molecule has 0 aromatic heterocycles. The molecule has 0 atom stereocenters. The second kappa shape index (κ2) is 28.7. The standard InChI is InChI=1S/C7H17NO2.C7H13N.C5H13NO6S2.2Na/c1-8(4-6-9-2)5-7-10-3;1-4-6-8(3)7-5-2;1-6(2-4-13(7,8)9)3-5-14(10,11)12;;/h4-7H2,1-3H3;4-5H,1-2,6-7H2,3H3;2-5H2,1H3,(H,7,8,9)(H,10,11,12);;/q;;;2*+1/p-2. The Morgan fingerprint density at radius 3 is 1.21 bits per heavy atom. The first-order valence-electron chi connectivity index (χ1n) is 9.84. The Bertz CT molecular complexity index is 614. The molecule has 0 N–H and O–H groups in total. The maximum Gasteiger partial charge on any atom is 1.00 e. The second-order valence-electron chi connectivity index (χ2n) is 6.91. The Labute approximate surface area is 252 Å². The fraction of sp³-hybridized carbons (Fsp3) is 0.789. The fourth-order valence-electron chi connectivity index (χ4n) is 1.77. The molecule has 0 aromatic rings. The fourth-order valence-corrected chi connectivity index (χ4v) is 2.84. The third-order valence-corrected chi connectivity index (χ3v) is 5.05. The Morgan fingerprint density at radius 2 is 0.971 bits per heavy atom. The molecular weight excluding hydrogens is 508 g/mol. The van der Waals surface area contributed by atoms with Gasteiger partial charge >= 0.3 is 59.1 Å². The van der Waals surface area contributed by atoms with Gasteiger partial charge in [-0.1, -0.05) is 12.2 Å². The Kier molecular flexibility index (Phi) is 38.0. The first-order chi connectivity index (χ1) is 14.7. The molecule has 0 spiro atoms. The smallest absolute Gasteiger partial charge is 0.748 e. The number of hydrogen-bond acceptors (Lipinski definition) is 11. The third kappa shape index (κ3) is 46.4. The van der Waals surface area contributed by atoms with E-state index in [1.165, 1.54) is 11.9 Å². The van der Waals surface area contributed by atoms with Crippen LogP contribution in [0.25, 0.3) is 0 Å². The van der Waals surface area contributed by atoms with E-state index in [2.05, 4.69) is 30.0 Å². The third-order valence-electron chi connectivity index (χ3n) is 3.68. The van der Waals surface area contributed by atoms with Crippen LogP contribution in [0.2, 0.25) is 0 Å². The van der Waals surface area contributed by atoms with Gasteiger partial charge in [0.15, 0.2) is 0 Å². The maximum absolute atomic E-state index is 10.2. The van der Waals surface area contributed by atoms with Gasteiger partial charge in [0, 0.05) is 53.5 Å². The van der Waals surface area contributed by atoms with Gasteiger partial charge in [-0.2, -0.15) is 0 Å². The number of methoxy groups -OCH3 is 2. The van der Waals surface area contributed by atoms with Gasteiger partial charge in [-0.25, -0.2) is 16.8 Å². The van der Waals surface area contributed by atoms with E-state index < -0.39 is 31.7 Å². The van der Waals surface area contributed by atoms with Crippen LogP contribution in [-0.2, 0) is 29.7 Å². The summed E-state index contributed by atoms with van der Waals surface area (Å²) >= 11 is 0. The van der Waals surface area contributed by atoms with Crippen molar-refractivity contribution in [2.75, 3.05) is 99.4 Å². The van der Waals surface area contributed by atoms with Gasteiger partial charge in [0.1, 0.15) is 0 Å². The first-order valence-corrected chi connectivity index (χ1v) is 13.0. The topological polar surface area (TPSA) is 143 Å². The summed E-state index contributed by atoms with van der Waals surface area (Å²) in [5.41, 5.74) is 0. The van der Waals surface area contributed by atoms with Crippen LogP contribution in [0.4, 0.5) is 0 Å². The van der Waals surface area contributed by atoms with E-state index in [9.17, 15) is 25.9 Å². The summed E-state index contributed by atoms with van der Waals surface area (Å²) in [5.74, 6) is -1.19. The average Bonchev–Trinajstić information content (AvgIpc) is 2.68. The molecule has 0 aliphatic heterocycles. The molecule has 0 bridgehead atoms. The molecule has 0 saturated heterocycles. The van der Waals surface area contributed by atoms with Crippen LogP contribution in [0.1, 0.15) is 0 Å². The summed E-state index contributed by atoms with van der Waals surface area (Å²) in [7, 11) is 0.352. The molecule has 0 heterocycles. The van der Waals surface area contributed by atoms with Crippen molar-refractivity contribution in [1.82, 2.24) is 14.7 Å². The van der Waals surface area contributed by atoms with Gasteiger partial charge in [0.05, 0.1) is 45.0 Å². The van der Waals surface area contributed by atoms with Crippen molar-refractivity contribution in [2.24, 2.45) is 0 Å². The molecule has 0 unspecified atom stereocenters. The monoisotopic (exact) mass is 549 g/mol. The normalized spacial score (nSPS) is 10.9. The Hall–Kier alpha value is 1.10. The molecule has 194 valence electrons. The zero-order chi connectivity index (χ0) is 25.6. The number of nitrogens with zero attached hydrogens (tertiary/aromatic N) is 3. The van der Waals surface area contributed by atoms with Gasteiger partial charge in [-0.15, -0.1) is 13.2 Å². The summed E-state index contributed by atoms with van der Waals surface area (Å²) in [6.45, 7) is 12.5. The Morgan fingerprint density at radius 1 is 0.676 bits per heavy atom. The predicted molar refractivity (Wildman–Crippen MR) is 126 cm³/mol. The summed E-state index contributed by atoms with van der Waals surface area (Å²) in [5, 5.41) is 0. The molecular formula is C19H41N3Na2O8S2. The molecule has 15 heteroatoms. The van der Waals surface area contributed by atoms with Crippen LogP contribution in [-0.4, -0.2) is 140 Å². The molecule has 0 fully saturated rings. The quantitative estimate of drug-likeness (QED) is 0.103. The van der Waals surface area contributed by atoms with Crippen LogP contribution < -0.4 is 59.1 Å². The van der Waals surface area contributed by atoms with E-state index in [4.69, 9.17) is 9.47 Å². The van der Waals surface area contributed by atoms with E-state index in [1.54, 1.807) is 14.2 Å². The van der Waals surface area contributed by atoms with Crippen LogP contribution >= 0.6 is 0 Å². The largest absolute Gasteiger partial charge is 1.00 e. The molecule has 0 aliphatic rings. The van der Waals surface area contributed by atoms with Crippen molar-refractivity contribution >= 4 is 20.2 Å². The SMILES string of the molecule is C=CCN(C)CC=C.CN(CCS(=O)(=O)[O-])CCS(=O)(=O)[O-].COCCN(C)CCOC.[Na+].[Na+]. The van der Waals surface area contributed by atoms with E-state index in [1.807, 2.05) is 19.2 Å². The summed E-state index contributed by atoms with van der Waals surface area (Å²) in [6.07, 6.45) is 3.76. The minimum Gasteiger partial charge on any atom is -0.748 e. The molecule has 0 saturated carbocycles. The van der Waals surface area contributed by atoms with Crippen molar-refractivity contribution in [3.05, 3.63) is 25.3 Å². The van der Waals surface area contributed by atoms with Crippen molar-refractivity contribution < 1.29 is 94.5 Å². The number of ether oxygens (including phenoxy) is 2.